The molecule has 4 rings (SSSR count). The zero-order chi connectivity index (χ0) is 22.5. The molecule has 0 radical (unpaired) electrons. The Bertz CT molecular complexity index is 1060. The molecular weight excluding hydrogens is 426 g/mol. The van der Waals surface area contributed by atoms with Crippen molar-refractivity contribution in [3.63, 3.8) is 0 Å². The topological polar surface area (TPSA) is 58.8 Å². The Hall–Kier alpha value is -2.83. The van der Waals surface area contributed by atoms with Gasteiger partial charge in [-0.1, -0.05) is 47.4 Å². The summed E-state index contributed by atoms with van der Waals surface area (Å²) in [6, 6.07) is 15.2. The first-order chi connectivity index (χ1) is 15.6. The molecule has 2 aromatic carbocycles. The van der Waals surface area contributed by atoms with Gasteiger partial charge in [0.25, 0.3) is 5.91 Å². The quantitative estimate of drug-likeness (QED) is 0.492. The van der Waals surface area contributed by atoms with Crippen molar-refractivity contribution in [2.45, 2.75) is 26.8 Å². The molecule has 32 heavy (non-hydrogen) atoms. The summed E-state index contributed by atoms with van der Waals surface area (Å²) in [4.78, 5) is 17.4. The number of carbonyl (C=O) groups excluding carboxylic acids is 1. The summed E-state index contributed by atoms with van der Waals surface area (Å²) in [5.74, 6) is 0.683. The summed E-state index contributed by atoms with van der Waals surface area (Å²) in [5.41, 5.74) is 4.45. The van der Waals surface area contributed by atoms with Gasteiger partial charge in [-0.3, -0.25) is 4.79 Å². The molecule has 1 amide bonds. The maximum Gasteiger partial charge on any atom is 0.254 e. The van der Waals surface area contributed by atoms with Crippen LogP contribution < -0.4 is 4.90 Å². The fourth-order valence-electron chi connectivity index (χ4n) is 3.97. The third kappa shape index (κ3) is 4.97. The number of morpholine rings is 1. The number of anilines is 1. The van der Waals surface area contributed by atoms with Crippen LogP contribution in [-0.4, -0.2) is 48.8 Å². The van der Waals surface area contributed by atoms with E-state index < -0.39 is 0 Å². The van der Waals surface area contributed by atoms with Crippen molar-refractivity contribution in [2.75, 3.05) is 37.7 Å². The Kier molecular flexibility index (Phi) is 7.12. The molecule has 1 aliphatic rings. The van der Waals surface area contributed by atoms with Crippen molar-refractivity contribution in [2.24, 2.45) is 0 Å². The van der Waals surface area contributed by atoms with Crippen LogP contribution in [0.4, 0.5) is 5.88 Å². The number of ether oxygens (including phenoxy) is 1. The Morgan fingerprint density at radius 2 is 1.91 bits per heavy atom. The monoisotopic (exact) mass is 453 g/mol. The number of hydrogen-bond acceptors (Lipinski definition) is 5. The third-order valence-corrected chi connectivity index (χ3v) is 5.83. The first-order valence-corrected chi connectivity index (χ1v) is 11.4. The second-order valence-electron chi connectivity index (χ2n) is 8.02. The molecule has 3 aromatic rings. The first kappa shape index (κ1) is 22.4. The molecule has 6 nitrogen and oxygen atoms in total. The number of carbonyl (C=O) groups is 1. The first-order valence-electron chi connectivity index (χ1n) is 11.0. The Morgan fingerprint density at radius 3 is 2.59 bits per heavy atom. The fraction of sp³-hybridized carbons (Fsp3) is 0.360. The van der Waals surface area contributed by atoms with E-state index in [-0.39, 0.29) is 5.91 Å². The van der Waals surface area contributed by atoms with E-state index in [1.807, 2.05) is 17.0 Å². The van der Waals surface area contributed by atoms with Crippen LogP contribution in [0.15, 0.2) is 53.1 Å². The van der Waals surface area contributed by atoms with Gasteiger partial charge in [-0.15, -0.1) is 0 Å². The summed E-state index contributed by atoms with van der Waals surface area (Å²) in [6.45, 7) is 7.91. The van der Waals surface area contributed by atoms with Crippen LogP contribution in [0.25, 0.3) is 11.3 Å². The van der Waals surface area contributed by atoms with Gasteiger partial charge in [-0.05, 0) is 43.7 Å². The van der Waals surface area contributed by atoms with Gasteiger partial charge >= 0.3 is 0 Å². The van der Waals surface area contributed by atoms with Crippen LogP contribution in [0.1, 0.15) is 34.8 Å². The lowest BCUT2D eigenvalue weighted by Crippen LogP contribution is -2.37. The normalized spacial score (nSPS) is 13.9. The zero-order valence-electron chi connectivity index (χ0n) is 18.5. The Labute approximate surface area is 193 Å². The van der Waals surface area contributed by atoms with Gasteiger partial charge in [-0.2, -0.15) is 0 Å². The minimum atomic E-state index is -0.0344. The average molecular weight is 454 g/mol. The van der Waals surface area contributed by atoms with Crippen molar-refractivity contribution < 1.29 is 14.1 Å². The summed E-state index contributed by atoms with van der Waals surface area (Å²) in [6.07, 6.45) is 0.845. The van der Waals surface area contributed by atoms with E-state index >= 15 is 0 Å². The predicted octanol–water partition coefficient (Wildman–Crippen LogP) is 5.19. The third-order valence-electron chi connectivity index (χ3n) is 5.58. The minimum absolute atomic E-state index is 0.0344. The van der Waals surface area contributed by atoms with E-state index in [1.54, 1.807) is 24.3 Å². The van der Waals surface area contributed by atoms with E-state index in [9.17, 15) is 4.79 Å². The van der Waals surface area contributed by atoms with Crippen molar-refractivity contribution in [3.8, 4) is 11.3 Å². The Balaban J connectivity index is 1.72. The van der Waals surface area contributed by atoms with Gasteiger partial charge in [-0.25, -0.2) is 0 Å². The van der Waals surface area contributed by atoms with Crippen molar-refractivity contribution in [1.29, 1.82) is 0 Å². The number of aryl methyl sites for hydroxylation is 1. The molecule has 0 aliphatic carbocycles. The number of aromatic nitrogens is 1. The lowest BCUT2D eigenvalue weighted by Gasteiger charge is -2.28. The smallest absolute Gasteiger partial charge is 0.254 e. The highest BCUT2D eigenvalue weighted by Crippen LogP contribution is 2.33. The Morgan fingerprint density at radius 1 is 1.16 bits per heavy atom. The number of rotatable bonds is 7. The molecule has 0 saturated carbocycles. The highest BCUT2D eigenvalue weighted by Gasteiger charge is 2.27. The van der Waals surface area contributed by atoms with E-state index in [0.29, 0.717) is 36.9 Å². The lowest BCUT2D eigenvalue weighted by molar-refractivity contribution is 0.0743. The fourth-order valence-corrected chi connectivity index (χ4v) is 4.09. The molecular formula is C25H28ClN3O3. The molecule has 2 heterocycles. The van der Waals surface area contributed by atoms with E-state index in [2.05, 4.69) is 36.0 Å². The van der Waals surface area contributed by atoms with Gasteiger partial charge in [0.05, 0.1) is 25.3 Å². The lowest BCUT2D eigenvalue weighted by atomic mass is 10.0. The summed E-state index contributed by atoms with van der Waals surface area (Å²) in [5, 5.41) is 5.06. The molecule has 1 saturated heterocycles. The number of halogens is 1. The maximum absolute atomic E-state index is 13.4. The van der Waals surface area contributed by atoms with Crippen LogP contribution in [0.5, 0.6) is 0 Å². The largest absolute Gasteiger partial charge is 0.378 e. The SMILES string of the molecule is CCCN(Cc1c(-c2cccc(C)c2)noc1N1CCOCC1)C(=O)c1ccc(Cl)cc1. The molecule has 0 spiro atoms. The van der Waals surface area contributed by atoms with E-state index in [4.69, 9.17) is 20.9 Å². The second kappa shape index (κ2) is 10.2. The van der Waals surface area contributed by atoms with Gasteiger partial charge < -0.3 is 19.1 Å². The van der Waals surface area contributed by atoms with Crippen LogP contribution >= 0.6 is 11.6 Å². The molecule has 0 unspecified atom stereocenters. The molecule has 1 aliphatic heterocycles. The summed E-state index contributed by atoms with van der Waals surface area (Å²) < 4.78 is 11.4. The van der Waals surface area contributed by atoms with Crippen LogP contribution in [0.2, 0.25) is 5.02 Å². The molecule has 7 heteroatoms. The van der Waals surface area contributed by atoms with E-state index in [0.717, 1.165) is 47.8 Å². The van der Waals surface area contributed by atoms with Gasteiger partial charge in [0.2, 0.25) is 5.88 Å². The van der Waals surface area contributed by atoms with Gasteiger partial charge in [0.1, 0.15) is 5.69 Å². The highest BCUT2D eigenvalue weighted by atomic mass is 35.5. The molecule has 0 N–H and O–H groups in total. The minimum Gasteiger partial charge on any atom is -0.378 e. The molecule has 0 bridgehead atoms. The number of amides is 1. The highest BCUT2D eigenvalue weighted by molar-refractivity contribution is 6.30. The molecule has 1 aromatic heterocycles. The number of hydrogen-bond donors (Lipinski definition) is 0. The van der Waals surface area contributed by atoms with Gasteiger partial charge in [0, 0.05) is 35.8 Å². The predicted molar refractivity (Wildman–Crippen MR) is 126 cm³/mol. The number of nitrogens with zero attached hydrogens (tertiary/aromatic N) is 3. The molecule has 0 atom stereocenters. The molecule has 1 fully saturated rings. The maximum atomic E-state index is 13.4. The standard InChI is InChI=1S/C25H28ClN3O3/c1-3-11-29(24(30)19-7-9-21(26)10-8-19)17-22-23(20-6-4-5-18(2)16-20)27-32-25(22)28-12-14-31-15-13-28/h4-10,16H,3,11-15,17H2,1-2H3. The van der Waals surface area contributed by atoms with Crippen LogP contribution in [0.3, 0.4) is 0 Å². The second-order valence-corrected chi connectivity index (χ2v) is 8.45. The van der Waals surface area contributed by atoms with Crippen molar-refractivity contribution >= 4 is 23.4 Å². The summed E-state index contributed by atoms with van der Waals surface area (Å²) >= 11 is 6.02. The summed E-state index contributed by atoms with van der Waals surface area (Å²) in [7, 11) is 0. The number of benzene rings is 2. The van der Waals surface area contributed by atoms with Crippen molar-refractivity contribution in [3.05, 3.63) is 70.2 Å². The zero-order valence-corrected chi connectivity index (χ0v) is 19.3. The van der Waals surface area contributed by atoms with Crippen LogP contribution in [0, 0.1) is 6.92 Å². The molecule has 168 valence electrons. The van der Waals surface area contributed by atoms with Crippen molar-refractivity contribution in [1.82, 2.24) is 10.1 Å². The van der Waals surface area contributed by atoms with Gasteiger partial charge in [0.15, 0.2) is 0 Å². The van der Waals surface area contributed by atoms with Crippen LogP contribution in [-0.2, 0) is 11.3 Å². The van der Waals surface area contributed by atoms with E-state index in [1.165, 1.54) is 0 Å². The average Bonchev–Trinajstić information content (AvgIpc) is 3.23.